The Labute approximate surface area is 279 Å². The average Bonchev–Trinajstić information content (AvgIpc) is 2.96. The molecule has 0 aliphatic carbocycles. The third-order valence-corrected chi connectivity index (χ3v) is 7.69. The van der Waals surface area contributed by atoms with Crippen LogP contribution in [0.3, 0.4) is 0 Å². The predicted octanol–water partition coefficient (Wildman–Crippen LogP) is 6.48. The summed E-state index contributed by atoms with van der Waals surface area (Å²) in [4.78, 5) is 49.6. The normalized spacial score (nSPS) is 16.8. The number of halogens is 2. The molecule has 2 amide bonds. The molecular formula is C33H40Cl2N6O5. The van der Waals surface area contributed by atoms with Crippen LogP contribution in [0.4, 0.5) is 16.4 Å². The number of anilines is 2. The monoisotopic (exact) mass is 670 g/mol. The molecule has 2 atom stereocenters. The van der Waals surface area contributed by atoms with Crippen LogP contribution >= 0.6 is 23.2 Å². The van der Waals surface area contributed by atoms with Crippen LogP contribution in [0, 0.1) is 0 Å². The molecular weight excluding hydrogens is 631 g/mol. The molecule has 11 nitrogen and oxygen atoms in total. The van der Waals surface area contributed by atoms with E-state index in [-0.39, 0.29) is 30.7 Å². The van der Waals surface area contributed by atoms with E-state index < -0.39 is 29.3 Å². The summed E-state index contributed by atoms with van der Waals surface area (Å²) < 4.78 is 11.1. The number of amides is 2. The minimum atomic E-state index is -0.906. The fraction of sp³-hybridized carbons (Fsp3) is 0.424. The first-order valence-corrected chi connectivity index (χ1v) is 15.7. The number of likely N-dealkylation sites (tertiary alicyclic amines) is 1. The quantitative estimate of drug-likeness (QED) is 0.240. The van der Waals surface area contributed by atoms with Gasteiger partial charge in [0.2, 0.25) is 0 Å². The van der Waals surface area contributed by atoms with Crippen LogP contribution in [-0.4, -0.2) is 62.7 Å². The number of benzene rings is 2. The van der Waals surface area contributed by atoms with Gasteiger partial charge in [-0.15, -0.1) is 0 Å². The maximum absolute atomic E-state index is 13.2. The van der Waals surface area contributed by atoms with Crippen LogP contribution in [0.2, 0.25) is 10.0 Å². The summed E-state index contributed by atoms with van der Waals surface area (Å²) in [7, 11) is 0. The Balaban J connectivity index is 1.43. The second-order valence-electron chi connectivity index (χ2n) is 13.0. The van der Waals surface area contributed by atoms with Gasteiger partial charge in [-0.2, -0.15) is 0 Å². The molecule has 46 heavy (non-hydrogen) atoms. The summed E-state index contributed by atoms with van der Waals surface area (Å²) in [5, 5.41) is 7.19. The number of aromatic nitrogens is 2. The molecule has 1 aliphatic rings. The second-order valence-corrected chi connectivity index (χ2v) is 13.9. The predicted molar refractivity (Wildman–Crippen MR) is 179 cm³/mol. The van der Waals surface area contributed by atoms with E-state index in [9.17, 15) is 14.4 Å². The lowest BCUT2D eigenvalue weighted by atomic mass is 9.96. The number of esters is 1. The van der Waals surface area contributed by atoms with Crippen molar-refractivity contribution in [1.82, 2.24) is 20.2 Å². The molecule has 0 spiro atoms. The highest BCUT2D eigenvalue weighted by molar-refractivity contribution is 6.36. The number of hydrogen-bond donors (Lipinski definition) is 3. The molecule has 1 saturated heterocycles. The molecule has 13 heteroatoms. The number of ether oxygens (including phenoxy) is 2. The Morgan fingerprint density at radius 3 is 2.22 bits per heavy atom. The van der Waals surface area contributed by atoms with E-state index in [1.165, 1.54) is 4.90 Å². The lowest BCUT2D eigenvalue weighted by Crippen LogP contribution is -2.56. The number of carbonyl (C=O) groups is 3. The fourth-order valence-corrected chi connectivity index (χ4v) is 5.36. The second kappa shape index (κ2) is 14.1. The van der Waals surface area contributed by atoms with Crippen LogP contribution in [0.25, 0.3) is 11.3 Å². The minimum absolute atomic E-state index is 0.189. The van der Waals surface area contributed by atoms with Crippen molar-refractivity contribution in [3.8, 4) is 11.3 Å². The Hall–Kier alpha value is -4.09. The fourth-order valence-electron chi connectivity index (χ4n) is 4.83. The van der Waals surface area contributed by atoms with Crippen molar-refractivity contribution in [2.75, 3.05) is 17.6 Å². The highest BCUT2D eigenvalue weighted by atomic mass is 35.5. The van der Waals surface area contributed by atoms with Gasteiger partial charge in [0.25, 0.3) is 5.91 Å². The Morgan fingerprint density at radius 2 is 1.61 bits per heavy atom. The summed E-state index contributed by atoms with van der Waals surface area (Å²) in [6.45, 7) is 11.1. The largest absolute Gasteiger partial charge is 0.458 e. The molecule has 0 radical (unpaired) electrons. The van der Waals surface area contributed by atoms with Crippen molar-refractivity contribution in [2.45, 2.75) is 84.2 Å². The van der Waals surface area contributed by atoms with Crippen molar-refractivity contribution in [3.63, 3.8) is 0 Å². The van der Waals surface area contributed by atoms with Gasteiger partial charge in [0.15, 0.2) is 11.6 Å². The van der Waals surface area contributed by atoms with Gasteiger partial charge in [-0.25, -0.2) is 19.6 Å². The number of nitrogen functional groups attached to an aromatic ring is 1. The SMILES string of the molecule is CC(C)(C)OC(=O)[C@H]1CC(NC(=O)c2ccc(-c3cnc(N)c(NCc4c(Cl)cccc4Cl)n3)cc2)CCN1C(=O)OC(C)(C)C. The van der Waals surface area contributed by atoms with E-state index in [1.807, 2.05) is 0 Å². The van der Waals surface area contributed by atoms with Gasteiger partial charge in [0.05, 0.1) is 11.9 Å². The lowest BCUT2D eigenvalue weighted by molar-refractivity contribution is -0.162. The van der Waals surface area contributed by atoms with Crippen LogP contribution in [0.5, 0.6) is 0 Å². The van der Waals surface area contributed by atoms with Crippen molar-refractivity contribution in [3.05, 3.63) is 69.8 Å². The van der Waals surface area contributed by atoms with Crippen LogP contribution < -0.4 is 16.4 Å². The molecule has 1 aromatic heterocycles. The third-order valence-electron chi connectivity index (χ3n) is 6.98. The molecule has 2 aromatic carbocycles. The van der Waals surface area contributed by atoms with Gasteiger partial charge in [-0.05, 0) is 78.6 Å². The van der Waals surface area contributed by atoms with Crippen LogP contribution in [0.15, 0.2) is 48.7 Å². The zero-order valence-electron chi connectivity index (χ0n) is 26.8. The topological polar surface area (TPSA) is 149 Å². The third kappa shape index (κ3) is 9.23. The molecule has 4 rings (SSSR count). The van der Waals surface area contributed by atoms with Gasteiger partial charge < -0.3 is 25.8 Å². The standard InChI is InChI=1S/C33H40Cl2N6O5/c1-32(2,3)45-30(43)26-16-21(14-15-41(26)31(44)46-33(4,5)6)39-29(42)20-12-10-19(11-13-20)25-18-37-27(36)28(40-25)38-17-22-23(34)8-7-9-24(22)35/h7-13,18,21,26H,14-17H2,1-6H3,(H2,36,37)(H,38,40)(H,39,42)/t21?,26-/m1/s1. The maximum atomic E-state index is 13.2. The van der Waals surface area contributed by atoms with Gasteiger partial charge in [0.1, 0.15) is 17.2 Å². The van der Waals surface area contributed by atoms with E-state index in [0.29, 0.717) is 45.6 Å². The van der Waals surface area contributed by atoms with Crippen LogP contribution in [-0.2, 0) is 20.8 Å². The lowest BCUT2D eigenvalue weighted by Gasteiger charge is -2.39. The highest BCUT2D eigenvalue weighted by Crippen LogP contribution is 2.28. The van der Waals surface area contributed by atoms with E-state index in [1.54, 1.807) is 90.2 Å². The maximum Gasteiger partial charge on any atom is 0.411 e. The summed E-state index contributed by atoms with van der Waals surface area (Å²) in [6.07, 6.45) is 1.58. The summed E-state index contributed by atoms with van der Waals surface area (Å²) in [5.41, 5.74) is 6.98. The molecule has 0 bridgehead atoms. The number of carbonyl (C=O) groups excluding carboxylic acids is 3. The number of nitrogens with zero attached hydrogens (tertiary/aromatic N) is 3. The smallest absolute Gasteiger partial charge is 0.411 e. The van der Waals surface area contributed by atoms with Crippen molar-refractivity contribution in [2.24, 2.45) is 0 Å². The number of nitrogens with two attached hydrogens (primary N) is 1. The van der Waals surface area contributed by atoms with Gasteiger partial charge in [-0.3, -0.25) is 9.69 Å². The number of rotatable bonds is 7. The Kier molecular flexibility index (Phi) is 10.7. The van der Waals surface area contributed by atoms with E-state index >= 15 is 0 Å². The minimum Gasteiger partial charge on any atom is -0.458 e. The molecule has 1 aliphatic heterocycles. The molecule has 2 heterocycles. The molecule has 246 valence electrons. The molecule has 4 N–H and O–H groups in total. The first-order chi connectivity index (χ1) is 21.5. The first kappa shape index (κ1) is 34.8. The van der Waals surface area contributed by atoms with Crippen LogP contribution in [0.1, 0.15) is 70.3 Å². The molecule has 1 unspecified atom stereocenters. The highest BCUT2D eigenvalue weighted by Gasteiger charge is 2.41. The van der Waals surface area contributed by atoms with Gasteiger partial charge >= 0.3 is 12.1 Å². The molecule has 0 saturated carbocycles. The zero-order chi connectivity index (χ0) is 33.8. The van der Waals surface area contributed by atoms with Gasteiger partial charge in [-0.1, -0.05) is 41.4 Å². The summed E-state index contributed by atoms with van der Waals surface area (Å²) in [5.74, 6) is -0.277. The first-order valence-electron chi connectivity index (χ1n) is 14.9. The van der Waals surface area contributed by atoms with Crippen molar-refractivity contribution < 1.29 is 23.9 Å². The number of hydrogen-bond acceptors (Lipinski definition) is 9. The zero-order valence-corrected chi connectivity index (χ0v) is 28.3. The summed E-state index contributed by atoms with van der Waals surface area (Å²) in [6, 6.07) is 10.9. The number of piperidine rings is 1. The summed E-state index contributed by atoms with van der Waals surface area (Å²) >= 11 is 12.6. The van der Waals surface area contributed by atoms with Gasteiger partial charge in [0, 0.05) is 45.9 Å². The van der Waals surface area contributed by atoms with E-state index in [4.69, 9.17) is 38.4 Å². The van der Waals surface area contributed by atoms with E-state index in [2.05, 4.69) is 20.6 Å². The van der Waals surface area contributed by atoms with E-state index in [0.717, 1.165) is 5.56 Å². The Bertz CT molecular complexity index is 1570. The van der Waals surface area contributed by atoms with Crippen molar-refractivity contribution >= 4 is 52.8 Å². The number of nitrogens with one attached hydrogen (secondary N) is 2. The Morgan fingerprint density at radius 1 is 0.978 bits per heavy atom. The molecule has 3 aromatic rings. The average molecular weight is 672 g/mol. The molecule has 1 fully saturated rings. The van der Waals surface area contributed by atoms with Crippen molar-refractivity contribution in [1.29, 1.82) is 0 Å².